The Bertz CT molecular complexity index is 462. The molecule has 21 heavy (non-hydrogen) atoms. The maximum atomic E-state index is 11.7. The molecule has 1 amide bonds. The summed E-state index contributed by atoms with van der Waals surface area (Å²) in [6.45, 7) is 6.57. The zero-order valence-corrected chi connectivity index (χ0v) is 12.7. The van der Waals surface area contributed by atoms with Crippen LogP contribution in [0.2, 0.25) is 0 Å². The molecule has 4 heteroatoms. The lowest BCUT2D eigenvalue weighted by atomic mass is 9.89. The fraction of sp³-hybridized carbons (Fsp3) is 0.471. The summed E-state index contributed by atoms with van der Waals surface area (Å²) >= 11 is 0. The molecule has 4 nitrogen and oxygen atoms in total. The molecule has 1 aliphatic rings. The van der Waals surface area contributed by atoms with Crippen LogP contribution < -0.4 is 10.1 Å². The van der Waals surface area contributed by atoms with E-state index in [0.29, 0.717) is 19.0 Å². The van der Waals surface area contributed by atoms with Crippen LogP contribution >= 0.6 is 0 Å². The second-order valence-corrected chi connectivity index (χ2v) is 5.42. The number of nitrogens with zero attached hydrogens (tertiary/aromatic N) is 1. The molecule has 0 atom stereocenters. The molecular formula is C17H24N2O2. The van der Waals surface area contributed by atoms with Crippen molar-refractivity contribution >= 4 is 5.91 Å². The molecule has 1 heterocycles. The minimum atomic E-state index is 0.0813. The molecule has 2 rings (SSSR count). The van der Waals surface area contributed by atoms with Crippen LogP contribution in [-0.2, 0) is 4.79 Å². The number of carbonyl (C=O) groups excluding carboxylic acids is 1. The fourth-order valence-electron chi connectivity index (χ4n) is 2.75. The molecule has 1 aromatic carbocycles. The number of carbonyl (C=O) groups is 1. The van der Waals surface area contributed by atoms with Crippen molar-refractivity contribution in [1.29, 1.82) is 0 Å². The number of ether oxygens (including phenoxy) is 1. The second kappa shape index (κ2) is 7.84. The van der Waals surface area contributed by atoms with Crippen LogP contribution in [0, 0.1) is 0 Å². The molecule has 0 radical (unpaired) electrons. The molecular weight excluding hydrogens is 264 g/mol. The average molecular weight is 288 g/mol. The number of amides is 1. The fourth-order valence-corrected chi connectivity index (χ4v) is 2.75. The van der Waals surface area contributed by atoms with Gasteiger partial charge in [-0.05, 0) is 49.5 Å². The maximum Gasteiger partial charge on any atom is 0.234 e. The van der Waals surface area contributed by atoms with E-state index in [1.807, 2.05) is 12.1 Å². The quantitative estimate of drug-likeness (QED) is 0.816. The van der Waals surface area contributed by atoms with E-state index in [1.54, 1.807) is 13.2 Å². The topological polar surface area (TPSA) is 41.6 Å². The van der Waals surface area contributed by atoms with Crippen molar-refractivity contribution in [3.05, 3.63) is 42.5 Å². The van der Waals surface area contributed by atoms with E-state index < -0.39 is 0 Å². The van der Waals surface area contributed by atoms with Gasteiger partial charge >= 0.3 is 0 Å². The molecule has 0 aromatic heterocycles. The van der Waals surface area contributed by atoms with Crippen molar-refractivity contribution in [2.45, 2.75) is 18.8 Å². The van der Waals surface area contributed by atoms with E-state index in [9.17, 15) is 4.79 Å². The number of likely N-dealkylation sites (tertiary alicyclic amines) is 1. The van der Waals surface area contributed by atoms with Crippen molar-refractivity contribution in [3.63, 3.8) is 0 Å². The normalized spacial score (nSPS) is 16.4. The van der Waals surface area contributed by atoms with Gasteiger partial charge in [0.25, 0.3) is 0 Å². The van der Waals surface area contributed by atoms with Crippen molar-refractivity contribution in [2.24, 2.45) is 0 Å². The molecule has 1 fully saturated rings. The minimum Gasteiger partial charge on any atom is -0.497 e. The Hall–Kier alpha value is -1.81. The average Bonchev–Trinajstić information content (AvgIpc) is 2.54. The van der Waals surface area contributed by atoms with Gasteiger partial charge in [0.1, 0.15) is 5.75 Å². The number of benzene rings is 1. The maximum absolute atomic E-state index is 11.7. The van der Waals surface area contributed by atoms with E-state index in [2.05, 4.69) is 28.9 Å². The van der Waals surface area contributed by atoms with Crippen LogP contribution in [0.5, 0.6) is 5.75 Å². The van der Waals surface area contributed by atoms with Crippen molar-refractivity contribution in [3.8, 4) is 5.75 Å². The third-order valence-corrected chi connectivity index (χ3v) is 3.99. The Morgan fingerprint density at radius 2 is 2.05 bits per heavy atom. The highest BCUT2D eigenvalue weighted by molar-refractivity contribution is 5.78. The van der Waals surface area contributed by atoms with Gasteiger partial charge in [0.05, 0.1) is 13.7 Å². The highest BCUT2D eigenvalue weighted by Crippen LogP contribution is 2.28. The lowest BCUT2D eigenvalue weighted by Gasteiger charge is -2.31. The summed E-state index contributed by atoms with van der Waals surface area (Å²) in [5.41, 5.74) is 1.37. The number of nitrogens with one attached hydrogen (secondary N) is 1. The summed E-state index contributed by atoms with van der Waals surface area (Å²) in [5, 5.41) is 2.82. The Kier molecular flexibility index (Phi) is 5.81. The number of hydrogen-bond acceptors (Lipinski definition) is 3. The Balaban J connectivity index is 1.79. The second-order valence-electron chi connectivity index (χ2n) is 5.42. The molecule has 1 aromatic rings. The van der Waals surface area contributed by atoms with E-state index >= 15 is 0 Å². The van der Waals surface area contributed by atoms with Gasteiger partial charge < -0.3 is 10.1 Å². The van der Waals surface area contributed by atoms with E-state index in [0.717, 1.165) is 31.7 Å². The first-order valence-electron chi connectivity index (χ1n) is 7.47. The third kappa shape index (κ3) is 4.60. The van der Waals surface area contributed by atoms with Crippen LogP contribution in [0.3, 0.4) is 0 Å². The summed E-state index contributed by atoms with van der Waals surface area (Å²) in [7, 11) is 1.69. The monoisotopic (exact) mass is 288 g/mol. The predicted molar refractivity (Wildman–Crippen MR) is 84.6 cm³/mol. The van der Waals surface area contributed by atoms with Gasteiger partial charge in [-0.3, -0.25) is 9.69 Å². The highest BCUT2D eigenvalue weighted by atomic mass is 16.5. The summed E-state index contributed by atoms with van der Waals surface area (Å²) in [6.07, 6.45) is 3.90. The molecule has 0 spiro atoms. The van der Waals surface area contributed by atoms with Gasteiger partial charge in [0.2, 0.25) is 5.91 Å². The molecule has 0 aliphatic carbocycles. The first-order valence-corrected chi connectivity index (χ1v) is 7.47. The van der Waals surface area contributed by atoms with Crippen LogP contribution in [0.25, 0.3) is 0 Å². The van der Waals surface area contributed by atoms with Gasteiger partial charge in [0, 0.05) is 6.54 Å². The summed E-state index contributed by atoms with van der Waals surface area (Å²) in [5.74, 6) is 1.57. The Labute approximate surface area is 126 Å². The van der Waals surface area contributed by atoms with Crippen LogP contribution in [0.4, 0.5) is 0 Å². The number of methoxy groups -OCH3 is 1. The van der Waals surface area contributed by atoms with Gasteiger partial charge in [0.15, 0.2) is 0 Å². The third-order valence-electron chi connectivity index (χ3n) is 3.99. The highest BCUT2D eigenvalue weighted by Gasteiger charge is 2.21. The summed E-state index contributed by atoms with van der Waals surface area (Å²) in [4.78, 5) is 13.9. The standard InChI is InChI=1S/C17H24N2O2/c1-3-10-18-17(20)13-19-11-8-15(9-12-19)14-4-6-16(21-2)7-5-14/h3-7,15H,1,8-13H2,2H3,(H,18,20). The van der Waals surface area contributed by atoms with Gasteiger partial charge in [-0.1, -0.05) is 18.2 Å². The van der Waals surface area contributed by atoms with Gasteiger partial charge in [-0.25, -0.2) is 0 Å². The first kappa shape index (κ1) is 15.6. The zero-order valence-electron chi connectivity index (χ0n) is 12.7. The van der Waals surface area contributed by atoms with E-state index in [-0.39, 0.29) is 5.91 Å². The molecule has 114 valence electrons. The summed E-state index contributed by atoms with van der Waals surface area (Å²) in [6, 6.07) is 8.33. The molecule has 1 N–H and O–H groups in total. The Morgan fingerprint density at radius 1 is 1.38 bits per heavy atom. The van der Waals surface area contributed by atoms with Crippen molar-refractivity contribution in [2.75, 3.05) is 33.3 Å². The first-order chi connectivity index (χ1) is 10.2. The number of hydrogen-bond donors (Lipinski definition) is 1. The molecule has 0 saturated carbocycles. The SMILES string of the molecule is C=CCNC(=O)CN1CCC(c2ccc(OC)cc2)CC1. The van der Waals surface area contributed by atoms with Crippen LogP contribution in [-0.4, -0.2) is 44.1 Å². The molecule has 0 unspecified atom stereocenters. The van der Waals surface area contributed by atoms with Crippen LogP contribution in [0.1, 0.15) is 24.3 Å². The van der Waals surface area contributed by atoms with Gasteiger partial charge in [-0.2, -0.15) is 0 Å². The molecule has 0 bridgehead atoms. The molecule has 1 aliphatic heterocycles. The minimum absolute atomic E-state index is 0.0813. The smallest absolute Gasteiger partial charge is 0.234 e. The summed E-state index contributed by atoms with van der Waals surface area (Å²) < 4.78 is 5.19. The van der Waals surface area contributed by atoms with Gasteiger partial charge in [-0.15, -0.1) is 6.58 Å². The van der Waals surface area contributed by atoms with E-state index in [4.69, 9.17) is 4.74 Å². The molecule has 1 saturated heterocycles. The zero-order chi connectivity index (χ0) is 15.1. The predicted octanol–water partition coefficient (Wildman–Crippen LogP) is 2.18. The lowest BCUT2D eigenvalue weighted by molar-refractivity contribution is -0.122. The van der Waals surface area contributed by atoms with Crippen molar-refractivity contribution in [1.82, 2.24) is 10.2 Å². The largest absolute Gasteiger partial charge is 0.497 e. The number of piperidine rings is 1. The lowest BCUT2D eigenvalue weighted by Crippen LogP contribution is -2.41. The van der Waals surface area contributed by atoms with Crippen LogP contribution in [0.15, 0.2) is 36.9 Å². The van der Waals surface area contributed by atoms with E-state index in [1.165, 1.54) is 5.56 Å². The number of rotatable bonds is 6. The Morgan fingerprint density at radius 3 is 2.62 bits per heavy atom. The van der Waals surface area contributed by atoms with Crippen molar-refractivity contribution < 1.29 is 9.53 Å².